The second-order valence-electron chi connectivity index (χ2n) is 6.14. The van der Waals surface area contributed by atoms with Crippen LogP contribution in [0, 0.1) is 11.3 Å². The van der Waals surface area contributed by atoms with Crippen molar-refractivity contribution in [2.24, 2.45) is 11.3 Å². The molecule has 2 unspecified atom stereocenters. The van der Waals surface area contributed by atoms with Gasteiger partial charge >= 0.3 is 0 Å². The molecule has 1 heterocycles. The zero-order chi connectivity index (χ0) is 13.0. The van der Waals surface area contributed by atoms with Gasteiger partial charge < -0.3 is 10.6 Å². The maximum atomic E-state index is 12.6. The van der Waals surface area contributed by atoms with E-state index in [0.717, 1.165) is 44.7 Å². The monoisotopic (exact) mass is 252 g/mol. The Morgan fingerprint density at radius 2 is 2.00 bits per heavy atom. The van der Waals surface area contributed by atoms with E-state index >= 15 is 0 Å². The van der Waals surface area contributed by atoms with E-state index in [4.69, 9.17) is 0 Å². The first-order chi connectivity index (χ1) is 8.72. The minimum atomic E-state index is -0.0701. The van der Waals surface area contributed by atoms with Crippen LogP contribution in [-0.2, 0) is 4.79 Å². The van der Waals surface area contributed by atoms with E-state index in [1.807, 2.05) is 0 Å². The van der Waals surface area contributed by atoms with E-state index < -0.39 is 0 Å². The van der Waals surface area contributed by atoms with E-state index in [2.05, 4.69) is 24.5 Å². The molecule has 1 saturated carbocycles. The van der Waals surface area contributed by atoms with Gasteiger partial charge in [0.1, 0.15) is 0 Å². The Balaban J connectivity index is 1.88. The lowest BCUT2D eigenvalue weighted by molar-refractivity contribution is -0.133. The standard InChI is InChI=1S/C15H28N2O/c1-3-5-12-11-13(12)17-14(18)15(6-4-2)7-9-16-10-8-15/h12-13,16H,3-11H2,1-2H3,(H,17,18). The Kier molecular flexibility index (Phi) is 4.66. The molecule has 0 radical (unpaired) electrons. The summed E-state index contributed by atoms with van der Waals surface area (Å²) in [5.74, 6) is 1.11. The SMILES string of the molecule is CCCC1CC1NC(=O)C1(CCC)CCNCC1. The first-order valence-corrected chi connectivity index (χ1v) is 7.73. The molecule has 0 spiro atoms. The summed E-state index contributed by atoms with van der Waals surface area (Å²) in [6, 6.07) is 0.487. The quantitative estimate of drug-likeness (QED) is 0.762. The summed E-state index contributed by atoms with van der Waals surface area (Å²) in [4.78, 5) is 12.6. The number of nitrogens with one attached hydrogen (secondary N) is 2. The van der Waals surface area contributed by atoms with E-state index in [1.165, 1.54) is 19.3 Å². The topological polar surface area (TPSA) is 41.1 Å². The van der Waals surface area contributed by atoms with Crippen LogP contribution in [0.2, 0.25) is 0 Å². The molecule has 1 saturated heterocycles. The molecule has 2 aliphatic rings. The number of hydrogen-bond acceptors (Lipinski definition) is 2. The molecule has 2 fully saturated rings. The van der Waals surface area contributed by atoms with Gasteiger partial charge in [0, 0.05) is 6.04 Å². The van der Waals surface area contributed by atoms with E-state index in [-0.39, 0.29) is 5.41 Å². The van der Waals surface area contributed by atoms with Crippen molar-refractivity contribution < 1.29 is 4.79 Å². The molecule has 3 heteroatoms. The fraction of sp³-hybridized carbons (Fsp3) is 0.933. The highest BCUT2D eigenvalue weighted by atomic mass is 16.2. The molecule has 0 aromatic rings. The minimum absolute atomic E-state index is 0.0701. The highest BCUT2D eigenvalue weighted by Gasteiger charge is 2.43. The number of amides is 1. The average molecular weight is 252 g/mol. The summed E-state index contributed by atoms with van der Waals surface area (Å²) in [7, 11) is 0. The van der Waals surface area contributed by atoms with Gasteiger partial charge in [0.25, 0.3) is 0 Å². The average Bonchev–Trinajstić information content (AvgIpc) is 3.09. The van der Waals surface area contributed by atoms with E-state index in [1.54, 1.807) is 0 Å². The molecular formula is C15H28N2O. The molecule has 3 nitrogen and oxygen atoms in total. The Morgan fingerprint density at radius 1 is 1.28 bits per heavy atom. The van der Waals surface area contributed by atoms with Crippen molar-refractivity contribution in [2.45, 2.75) is 64.8 Å². The molecule has 2 N–H and O–H groups in total. The van der Waals surface area contributed by atoms with Crippen LogP contribution in [0.5, 0.6) is 0 Å². The highest BCUT2D eigenvalue weighted by molar-refractivity contribution is 5.83. The Hall–Kier alpha value is -0.570. The smallest absolute Gasteiger partial charge is 0.226 e. The molecule has 104 valence electrons. The first kappa shape index (κ1) is 13.9. The predicted octanol–water partition coefficient (Wildman–Crippen LogP) is 2.46. The number of piperidine rings is 1. The van der Waals surface area contributed by atoms with Gasteiger partial charge in [0.2, 0.25) is 5.91 Å². The molecule has 18 heavy (non-hydrogen) atoms. The van der Waals surface area contributed by atoms with Gasteiger partial charge in [-0.1, -0.05) is 26.7 Å². The molecular weight excluding hydrogens is 224 g/mol. The lowest BCUT2D eigenvalue weighted by Gasteiger charge is -2.36. The van der Waals surface area contributed by atoms with Crippen molar-refractivity contribution in [3.8, 4) is 0 Å². The summed E-state index contributed by atoms with van der Waals surface area (Å²) in [5.41, 5.74) is -0.0701. The van der Waals surface area contributed by atoms with Crippen LogP contribution < -0.4 is 10.6 Å². The van der Waals surface area contributed by atoms with Crippen LogP contribution >= 0.6 is 0 Å². The Labute approximate surface area is 111 Å². The molecule has 1 aliphatic heterocycles. The van der Waals surface area contributed by atoms with Crippen LogP contribution in [0.25, 0.3) is 0 Å². The molecule has 0 aromatic carbocycles. The third kappa shape index (κ3) is 3.05. The third-order valence-electron chi connectivity index (χ3n) is 4.67. The van der Waals surface area contributed by atoms with Gasteiger partial charge in [-0.15, -0.1) is 0 Å². The Bertz CT molecular complexity index is 279. The van der Waals surface area contributed by atoms with Gasteiger partial charge in [0.05, 0.1) is 5.41 Å². The van der Waals surface area contributed by atoms with Crippen molar-refractivity contribution in [1.29, 1.82) is 0 Å². The molecule has 2 rings (SSSR count). The second kappa shape index (κ2) is 6.05. The van der Waals surface area contributed by atoms with Gasteiger partial charge in [0.15, 0.2) is 0 Å². The lowest BCUT2D eigenvalue weighted by atomic mass is 9.74. The first-order valence-electron chi connectivity index (χ1n) is 7.73. The zero-order valence-electron chi connectivity index (χ0n) is 11.9. The minimum Gasteiger partial charge on any atom is -0.353 e. The van der Waals surface area contributed by atoms with Crippen molar-refractivity contribution in [3.05, 3.63) is 0 Å². The highest BCUT2D eigenvalue weighted by Crippen LogP contribution is 2.38. The van der Waals surface area contributed by atoms with Crippen molar-refractivity contribution in [3.63, 3.8) is 0 Å². The molecule has 0 aromatic heterocycles. The maximum absolute atomic E-state index is 12.6. The summed E-state index contributed by atoms with van der Waals surface area (Å²) in [6.07, 6.45) is 7.90. The fourth-order valence-electron chi connectivity index (χ4n) is 3.41. The van der Waals surface area contributed by atoms with Crippen LogP contribution in [0.1, 0.15) is 58.8 Å². The summed E-state index contributed by atoms with van der Waals surface area (Å²) < 4.78 is 0. The van der Waals surface area contributed by atoms with E-state index in [0.29, 0.717) is 11.9 Å². The van der Waals surface area contributed by atoms with Crippen LogP contribution in [0.4, 0.5) is 0 Å². The molecule has 0 bridgehead atoms. The zero-order valence-corrected chi connectivity index (χ0v) is 11.9. The Morgan fingerprint density at radius 3 is 2.61 bits per heavy atom. The van der Waals surface area contributed by atoms with Crippen molar-refractivity contribution >= 4 is 5.91 Å². The summed E-state index contributed by atoms with van der Waals surface area (Å²) >= 11 is 0. The normalized spacial score (nSPS) is 29.9. The second-order valence-corrected chi connectivity index (χ2v) is 6.14. The van der Waals surface area contributed by atoms with Gasteiger partial charge in [-0.3, -0.25) is 4.79 Å². The van der Waals surface area contributed by atoms with Crippen molar-refractivity contribution in [1.82, 2.24) is 10.6 Å². The van der Waals surface area contributed by atoms with Crippen LogP contribution in [0.3, 0.4) is 0 Å². The van der Waals surface area contributed by atoms with Gasteiger partial charge in [-0.05, 0) is 51.1 Å². The summed E-state index contributed by atoms with van der Waals surface area (Å²) in [6.45, 7) is 6.41. The van der Waals surface area contributed by atoms with E-state index in [9.17, 15) is 4.79 Å². The van der Waals surface area contributed by atoms with Gasteiger partial charge in [-0.25, -0.2) is 0 Å². The van der Waals surface area contributed by atoms with Gasteiger partial charge in [-0.2, -0.15) is 0 Å². The number of carbonyl (C=O) groups is 1. The summed E-state index contributed by atoms with van der Waals surface area (Å²) in [5, 5.41) is 6.69. The molecule has 1 amide bonds. The lowest BCUT2D eigenvalue weighted by Crippen LogP contribution is -2.48. The maximum Gasteiger partial charge on any atom is 0.226 e. The molecule has 1 aliphatic carbocycles. The fourth-order valence-corrected chi connectivity index (χ4v) is 3.41. The van der Waals surface area contributed by atoms with Crippen molar-refractivity contribution in [2.75, 3.05) is 13.1 Å². The van der Waals surface area contributed by atoms with Crippen LogP contribution in [0.15, 0.2) is 0 Å². The number of hydrogen-bond donors (Lipinski definition) is 2. The third-order valence-corrected chi connectivity index (χ3v) is 4.67. The number of carbonyl (C=O) groups excluding carboxylic acids is 1. The number of rotatable bonds is 6. The van der Waals surface area contributed by atoms with Crippen LogP contribution in [-0.4, -0.2) is 25.0 Å². The molecule has 2 atom stereocenters. The predicted molar refractivity (Wildman–Crippen MR) is 74.4 cm³/mol. The largest absolute Gasteiger partial charge is 0.353 e.